The highest BCUT2D eigenvalue weighted by Crippen LogP contribution is 2.26. The number of hydrogen-bond acceptors (Lipinski definition) is 2. The monoisotopic (exact) mass is 265 g/mol. The van der Waals surface area contributed by atoms with E-state index >= 15 is 0 Å². The van der Waals surface area contributed by atoms with Crippen LogP contribution in [-0.4, -0.2) is 34.0 Å². The highest BCUT2D eigenvalue weighted by Gasteiger charge is 2.33. The van der Waals surface area contributed by atoms with Crippen LogP contribution in [0.5, 0.6) is 0 Å². The molecule has 1 amide bonds. The molecule has 2 rings (SSSR count). The van der Waals surface area contributed by atoms with Crippen molar-refractivity contribution in [3.63, 3.8) is 0 Å². The number of carboxylic acid groups (broad SMARTS) is 1. The molecule has 1 saturated heterocycles. The van der Waals surface area contributed by atoms with E-state index in [4.69, 9.17) is 5.11 Å². The second-order valence-corrected chi connectivity index (χ2v) is 4.99. The highest BCUT2D eigenvalue weighted by molar-refractivity contribution is 5.96. The van der Waals surface area contributed by atoms with Crippen LogP contribution in [0.25, 0.3) is 0 Å². The van der Waals surface area contributed by atoms with E-state index in [0.717, 1.165) is 18.9 Å². The number of likely N-dealkylation sites (tertiary alicyclic amines) is 1. The van der Waals surface area contributed by atoms with Gasteiger partial charge in [0, 0.05) is 12.1 Å². The molecule has 1 heterocycles. The molecule has 5 heteroatoms. The van der Waals surface area contributed by atoms with Crippen molar-refractivity contribution in [2.45, 2.75) is 38.8 Å². The van der Waals surface area contributed by atoms with Crippen LogP contribution in [0.2, 0.25) is 0 Å². The predicted molar refractivity (Wildman–Crippen MR) is 67.7 cm³/mol. The molecular weight excluding hydrogens is 249 g/mol. The Morgan fingerprint density at radius 3 is 2.32 bits per heavy atom. The van der Waals surface area contributed by atoms with Gasteiger partial charge in [-0.05, 0) is 44.9 Å². The Labute approximate surface area is 110 Å². The fourth-order valence-electron chi connectivity index (χ4n) is 2.56. The molecule has 19 heavy (non-hydrogen) atoms. The van der Waals surface area contributed by atoms with Crippen LogP contribution in [0.4, 0.5) is 4.39 Å². The number of nitrogens with zero attached hydrogens (tertiary/aromatic N) is 1. The minimum Gasteiger partial charge on any atom is -0.478 e. The largest absolute Gasteiger partial charge is 0.478 e. The summed E-state index contributed by atoms with van der Waals surface area (Å²) in [5, 5.41) is 8.77. The Bertz CT molecular complexity index is 519. The average molecular weight is 265 g/mol. The van der Waals surface area contributed by atoms with E-state index in [0.29, 0.717) is 0 Å². The molecule has 2 unspecified atom stereocenters. The summed E-state index contributed by atoms with van der Waals surface area (Å²) < 4.78 is 13.9. The Hall–Kier alpha value is -1.91. The summed E-state index contributed by atoms with van der Waals surface area (Å²) in [7, 11) is 0. The molecule has 4 nitrogen and oxygen atoms in total. The van der Waals surface area contributed by atoms with Crippen molar-refractivity contribution >= 4 is 11.9 Å². The first-order valence-corrected chi connectivity index (χ1v) is 6.27. The van der Waals surface area contributed by atoms with Crippen LogP contribution in [0.15, 0.2) is 18.2 Å². The molecule has 0 saturated carbocycles. The first-order chi connectivity index (χ1) is 8.91. The van der Waals surface area contributed by atoms with Gasteiger partial charge in [-0.3, -0.25) is 4.79 Å². The maximum absolute atomic E-state index is 13.9. The predicted octanol–water partition coefficient (Wildman–Crippen LogP) is 2.54. The third-order valence-corrected chi connectivity index (χ3v) is 3.63. The maximum atomic E-state index is 13.9. The molecule has 1 aliphatic rings. The van der Waals surface area contributed by atoms with E-state index in [-0.39, 0.29) is 29.1 Å². The smallest absolute Gasteiger partial charge is 0.335 e. The van der Waals surface area contributed by atoms with E-state index in [1.165, 1.54) is 12.1 Å². The van der Waals surface area contributed by atoms with Crippen LogP contribution < -0.4 is 0 Å². The Kier molecular flexibility index (Phi) is 3.55. The average Bonchev–Trinajstić information content (AvgIpc) is 2.68. The quantitative estimate of drug-likeness (QED) is 0.894. The van der Waals surface area contributed by atoms with E-state index in [1.54, 1.807) is 4.90 Å². The topological polar surface area (TPSA) is 57.6 Å². The van der Waals surface area contributed by atoms with Gasteiger partial charge in [-0.2, -0.15) is 0 Å². The first kappa shape index (κ1) is 13.5. The maximum Gasteiger partial charge on any atom is 0.335 e. The van der Waals surface area contributed by atoms with E-state index in [1.807, 2.05) is 13.8 Å². The van der Waals surface area contributed by atoms with Crippen molar-refractivity contribution in [2.75, 3.05) is 0 Å². The van der Waals surface area contributed by atoms with Crippen molar-refractivity contribution in [3.05, 3.63) is 35.1 Å². The van der Waals surface area contributed by atoms with Gasteiger partial charge in [0.2, 0.25) is 0 Å². The lowest BCUT2D eigenvalue weighted by Crippen LogP contribution is -2.39. The molecule has 2 atom stereocenters. The molecule has 0 aromatic heterocycles. The third kappa shape index (κ3) is 2.45. The molecule has 1 aromatic carbocycles. The number of carbonyl (C=O) groups excluding carboxylic acids is 1. The lowest BCUT2D eigenvalue weighted by molar-refractivity contribution is 0.0675. The fraction of sp³-hybridized carbons (Fsp3) is 0.429. The Balaban J connectivity index is 2.32. The summed E-state index contributed by atoms with van der Waals surface area (Å²) in [6.45, 7) is 3.87. The van der Waals surface area contributed by atoms with Crippen LogP contribution >= 0.6 is 0 Å². The van der Waals surface area contributed by atoms with Crippen LogP contribution in [-0.2, 0) is 0 Å². The number of rotatable bonds is 2. The van der Waals surface area contributed by atoms with Crippen molar-refractivity contribution in [1.82, 2.24) is 4.90 Å². The number of carbonyl (C=O) groups is 2. The number of aromatic carboxylic acids is 1. The highest BCUT2D eigenvalue weighted by atomic mass is 19.1. The molecule has 1 aromatic rings. The minimum absolute atomic E-state index is 0.0643. The molecule has 102 valence electrons. The summed E-state index contributed by atoms with van der Waals surface area (Å²) in [6.07, 6.45) is 1.81. The van der Waals surface area contributed by atoms with Gasteiger partial charge in [-0.1, -0.05) is 0 Å². The lowest BCUT2D eigenvalue weighted by Gasteiger charge is -2.26. The lowest BCUT2D eigenvalue weighted by atomic mass is 10.1. The van der Waals surface area contributed by atoms with Gasteiger partial charge in [0.1, 0.15) is 5.82 Å². The third-order valence-electron chi connectivity index (χ3n) is 3.63. The number of hydrogen-bond donors (Lipinski definition) is 1. The minimum atomic E-state index is -1.21. The molecule has 0 spiro atoms. The van der Waals surface area contributed by atoms with Crippen molar-refractivity contribution in [2.24, 2.45) is 0 Å². The zero-order valence-corrected chi connectivity index (χ0v) is 10.9. The summed E-state index contributed by atoms with van der Waals surface area (Å²) >= 11 is 0. The van der Waals surface area contributed by atoms with Gasteiger partial charge in [-0.25, -0.2) is 9.18 Å². The van der Waals surface area contributed by atoms with Gasteiger partial charge in [0.15, 0.2) is 0 Å². The molecule has 1 aliphatic heterocycles. The van der Waals surface area contributed by atoms with Crippen molar-refractivity contribution < 1.29 is 19.1 Å². The number of halogens is 1. The van der Waals surface area contributed by atoms with Gasteiger partial charge in [0.05, 0.1) is 11.1 Å². The normalized spacial score (nSPS) is 22.6. The van der Waals surface area contributed by atoms with Gasteiger partial charge in [0.25, 0.3) is 5.91 Å². The standard InChI is InChI=1S/C14H16FNO3/c1-8-3-4-9(2)16(8)13(17)11-6-5-10(14(18)19)7-12(11)15/h5-9H,3-4H2,1-2H3,(H,18,19). The van der Waals surface area contributed by atoms with Gasteiger partial charge < -0.3 is 10.0 Å². The van der Waals surface area contributed by atoms with Crippen LogP contribution in [0.1, 0.15) is 47.4 Å². The van der Waals surface area contributed by atoms with Crippen molar-refractivity contribution in [3.8, 4) is 0 Å². The number of benzene rings is 1. The molecule has 0 aliphatic carbocycles. The summed E-state index contributed by atoms with van der Waals surface area (Å²) in [4.78, 5) is 24.7. The zero-order chi connectivity index (χ0) is 14.2. The fourth-order valence-corrected chi connectivity index (χ4v) is 2.56. The molecular formula is C14H16FNO3. The van der Waals surface area contributed by atoms with E-state index in [2.05, 4.69) is 0 Å². The number of carboxylic acids is 1. The van der Waals surface area contributed by atoms with Crippen LogP contribution in [0, 0.1) is 5.82 Å². The zero-order valence-electron chi connectivity index (χ0n) is 10.9. The molecule has 1 fully saturated rings. The van der Waals surface area contributed by atoms with E-state index < -0.39 is 11.8 Å². The second kappa shape index (κ2) is 4.99. The van der Waals surface area contributed by atoms with Crippen LogP contribution in [0.3, 0.4) is 0 Å². The van der Waals surface area contributed by atoms with Gasteiger partial charge in [-0.15, -0.1) is 0 Å². The molecule has 0 radical (unpaired) electrons. The summed E-state index contributed by atoms with van der Waals surface area (Å²) in [5.41, 5.74) is -0.220. The van der Waals surface area contributed by atoms with Gasteiger partial charge >= 0.3 is 5.97 Å². The SMILES string of the molecule is CC1CCC(C)N1C(=O)c1ccc(C(=O)O)cc1F. The van der Waals surface area contributed by atoms with E-state index in [9.17, 15) is 14.0 Å². The summed E-state index contributed by atoms with van der Waals surface area (Å²) in [5.74, 6) is -2.36. The van der Waals surface area contributed by atoms with Crippen molar-refractivity contribution in [1.29, 1.82) is 0 Å². The first-order valence-electron chi connectivity index (χ1n) is 6.27. The Morgan fingerprint density at radius 1 is 1.26 bits per heavy atom. The molecule has 1 N–H and O–H groups in total. The molecule has 0 bridgehead atoms. The Morgan fingerprint density at radius 2 is 1.84 bits per heavy atom. The second-order valence-electron chi connectivity index (χ2n) is 4.99. The number of amides is 1. The summed E-state index contributed by atoms with van der Waals surface area (Å²) in [6, 6.07) is 3.56.